The van der Waals surface area contributed by atoms with Gasteiger partial charge in [-0.25, -0.2) is 0 Å². The molecule has 2 aliphatic rings. The largest absolute Gasteiger partial charge is 0.316 e. The first-order valence-electron chi connectivity index (χ1n) is 4.54. The van der Waals surface area contributed by atoms with Crippen molar-refractivity contribution in [2.75, 3.05) is 13.1 Å². The molecule has 1 aliphatic heterocycles. The highest BCUT2D eigenvalue weighted by Gasteiger charge is 2.44. The van der Waals surface area contributed by atoms with Crippen LogP contribution >= 0.6 is 0 Å². The van der Waals surface area contributed by atoms with Gasteiger partial charge in [0.1, 0.15) is 0 Å². The molecule has 0 aromatic carbocycles. The van der Waals surface area contributed by atoms with Crippen molar-refractivity contribution < 1.29 is 0 Å². The van der Waals surface area contributed by atoms with Crippen molar-refractivity contribution in [2.24, 2.45) is 5.41 Å². The highest BCUT2D eigenvalue weighted by molar-refractivity contribution is 4.98. The van der Waals surface area contributed by atoms with Gasteiger partial charge in [-0.05, 0) is 31.2 Å². The average molecular weight is 141 g/mol. The second-order valence-electron chi connectivity index (χ2n) is 3.63. The Kier molecular flexibility index (Phi) is 2.72. The van der Waals surface area contributed by atoms with Gasteiger partial charge in [-0.15, -0.1) is 0 Å². The molecule has 10 heavy (non-hydrogen) atoms. The van der Waals surface area contributed by atoms with Crippen LogP contribution in [-0.2, 0) is 0 Å². The van der Waals surface area contributed by atoms with Gasteiger partial charge in [0.15, 0.2) is 0 Å². The van der Waals surface area contributed by atoms with Crippen LogP contribution in [0.4, 0.5) is 0 Å². The molecule has 1 spiro atoms. The van der Waals surface area contributed by atoms with Crippen molar-refractivity contribution in [3.05, 3.63) is 0 Å². The van der Waals surface area contributed by atoms with Crippen LogP contribution in [0.5, 0.6) is 0 Å². The predicted octanol–water partition coefficient (Wildman–Crippen LogP) is 2.18. The van der Waals surface area contributed by atoms with Crippen LogP contribution in [0.3, 0.4) is 0 Å². The first-order valence-corrected chi connectivity index (χ1v) is 4.54. The van der Waals surface area contributed by atoms with E-state index < -0.39 is 0 Å². The van der Waals surface area contributed by atoms with E-state index >= 15 is 0 Å². The monoisotopic (exact) mass is 141 g/mol. The number of hydrogen-bond acceptors (Lipinski definition) is 1. The molecule has 0 aromatic heterocycles. The first kappa shape index (κ1) is 8.06. The van der Waals surface area contributed by atoms with Gasteiger partial charge in [0.25, 0.3) is 0 Å². The van der Waals surface area contributed by atoms with Crippen molar-refractivity contribution in [3.8, 4) is 0 Å². The first-order chi connectivity index (χ1) is 4.83. The van der Waals surface area contributed by atoms with Gasteiger partial charge in [-0.2, -0.15) is 0 Å². The van der Waals surface area contributed by atoms with E-state index in [2.05, 4.69) is 19.2 Å². The zero-order valence-electron chi connectivity index (χ0n) is 7.24. The molecular formula is C9H19N. The third-order valence-electron chi connectivity index (χ3n) is 2.29. The van der Waals surface area contributed by atoms with E-state index in [0.29, 0.717) is 0 Å². The van der Waals surface area contributed by atoms with Crippen LogP contribution < -0.4 is 5.32 Å². The fourth-order valence-corrected chi connectivity index (χ4v) is 1.40. The maximum absolute atomic E-state index is 3.38. The van der Waals surface area contributed by atoms with Crippen molar-refractivity contribution in [3.63, 3.8) is 0 Å². The summed E-state index contributed by atoms with van der Waals surface area (Å²) in [7, 11) is 0. The summed E-state index contributed by atoms with van der Waals surface area (Å²) in [6.45, 7) is 6.84. The number of rotatable bonds is 0. The maximum atomic E-state index is 3.38. The van der Waals surface area contributed by atoms with Crippen LogP contribution in [0, 0.1) is 5.41 Å². The summed E-state index contributed by atoms with van der Waals surface area (Å²) in [5, 5.41) is 3.38. The molecule has 60 valence electrons. The third kappa shape index (κ3) is 1.98. The van der Waals surface area contributed by atoms with E-state index in [4.69, 9.17) is 0 Å². The summed E-state index contributed by atoms with van der Waals surface area (Å²) in [5.41, 5.74) is 0.833. The van der Waals surface area contributed by atoms with Gasteiger partial charge in [-0.3, -0.25) is 0 Å². The standard InChI is InChI=1S/C6H11N.C3H8/c1-2-6(1)3-4-7-5-6;1-3-2/h7H,1-5H2;3H2,1-2H3. The molecule has 2 rings (SSSR count). The molecule has 1 saturated heterocycles. The van der Waals surface area contributed by atoms with Crippen LogP contribution in [0.1, 0.15) is 39.5 Å². The highest BCUT2D eigenvalue weighted by Crippen LogP contribution is 2.49. The Hall–Kier alpha value is -0.0400. The zero-order valence-corrected chi connectivity index (χ0v) is 7.24. The molecule has 0 bridgehead atoms. The molecule has 0 atom stereocenters. The summed E-state index contributed by atoms with van der Waals surface area (Å²) in [6.07, 6.45) is 5.70. The van der Waals surface area contributed by atoms with E-state index in [1.165, 1.54) is 38.8 Å². The minimum atomic E-state index is 0.833. The molecule has 2 fully saturated rings. The molecule has 1 nitrogen and oxygen atoms in total. The van der Waals surface area contributed by atoms with Crippen LogP contribution in [0.2, 0.25) is 0 Å². The van der Waals surface area contributed by atoms with Gasteiger partial charge in [0.05, 0.1) is 0 Å². The topological polar surface area (TPSA) is 12.0 Å². The summed E-state index contributed by atoms with van der Waals surface area (Å²) in [5.74, 6) is 0. The molecule has 1 heteroatoms. The Balaban J connectivity index is 0.000000148. The van der Waals surface area contributed by atoms with E-state index in [1.54, 1.807) is 0 Å². The van der Waals surface area contributed by atoms with Gasteiger partial charge in [-0.1, -0.05) is 20.3 Å². The van der Waals surface area contributed by atoms with Crippen molar-refractivity contribution in [2.45, 2.75) is 39.5 Å². The zero-order chi connectivity index (χ0) is 7.45. The molecule has 0 radical (unpaired) electrons. The summed E-state index contributed by atoms with van der Waals surface area (Å²) in [6, 6.07) is 0. The summed E-state index contributed by atoms with van der Waals surface area (Å²) in [4.78, 5) is 0. The summed E-state index contributed by atoms with van der Waals surface area (Å²) < 4.78 is 0. The smallest absolute Gasteiger partial charge is 0.000829 e. The van der Waals surface area contributed by atoms with E-state index in [1.807, 2.05) is 0 Å². The van der Waals surface area contributed by atoms with E-state index in [-0.39, 0.29) is 0 Å². The molecule has 1 aliphatic carbocycles. The lowest BCUT2D eigenvalue weighted by Crippen LogP contribution is -2.08. The highest BCUT2D eigenvalue weighted by atomic mass is 14.9. The average Bonchev–Trinajstić information content (AvgIpc) is 2.42. The lowest BCUT2D eigenvalue weighted by Gasteiger charge is -1.96. The van der Waals surface area contributed by atoms with Gasteiger partial charge >= 0.3 is 0 Å². The Morgan fingerprint density at radius 1 is 1.20 bits per heavy atom. The van der Waals surface area contributed by atoms with E-state index in [9.17, 15) is 0 Å². The van der Waals surface area contributed by atoms with E-state index in [0.717, 1.165) is 5.41 Å². The molecule has 0 aromatic rings. The third-order valence-corrected chi connectivity index (χ3v) is 2.29. The normalized spacial score (nSPS) is 25.8. The second-order valence-corrected chi connectivity index (χ2v) is 3.63. The van der Waals surface area contributed by atoms with Gasteiger partial charge in [0.2, 0.25) is 0 Å². The van der Waals surface area contributed by atoms with Gasteiger partial charge in [0, 0.05) is 6.54 Å². The van der Waals surface area contributed by atoms with Crippen LogP contribution in [-0.4, -0.2) is 13.1 Å². The molecule has 1 N–H and O–H groups in total. The quantitative estimate of drug-likeness (QED) is 0.545. The molecule has 0 amide bonds. The fraction of sp³-hybridized carbons (Fsp3) is 1.00. The SMILES string of the molecule is C1CC2(CC2)CN1.CCC. The Morgan fingerprint density at radius 3 is 2.00 bits per heavy atom. The predicted molar refractivity (Wildman–Crippen MR) is 45.1 cm³/mol. The Morgan fingerprint density at radius 2 is 1.80 bits per heavy atom. The maximum Gasteiger partial charge on any atom is 0.000829 e. The van der Waals surface area contributed by atoms with Crippen molar-refractivity contribution >= 4 is 0 Å². The van der Waals surface area contributed by atoms with Crippen LogP contribution in [0.15, 0.2) is 0 Å². The molecular weight excluding hydrogens is 122 g/mol. The molecule has 0 unspecified atom stereocenters. The van der Waals surface area contributed by atoms with Crippen molar-refractivity contribution in [1.82, 2.24) is 5.32 Å². The van der Waals surface area contributed by atoms with Crippen molar-refractivity contribution in [1.29, 1.82) is 0 Å². The van der Waals surface area contributed by atoms with Gasteiger partial charge < -0.3 is 5.32 Å². The Bertz CT molecular complexity index is 86.9. The lowest BCUT2D eigenvalue weighted by molar-refractivity contribution is 0.574. The summed E-state index contributed by atoms with van der Waals surface area (Å²) >= 11 is 0. The minimum Gasteiger partial charge on any atom is -0.316 e. The Labute approximate surface area is 64.2 Å². The lowest BCUT2D eigenvalue weighted by atomic mass is 10.1. The molecule has 1 heterocycles. The van der Waals surface area contributed by atoms with Crippen LogP contribution in [0.25, 0.3) is 0 Å². The minimum absolute atomic E-state index is 0.833. The second kappa shape index (κ2) is 3.38. The number of hydrogen-bond donors (Lipinski definition) is 1. The number of nitrogens with one attached hydrogen (secondary N) is 1. The fourth-order valence-electron chi connectivity index (χ4n) is 1.40. The molecule has 1 saturated carbocycles.